The fourth-order valence-electron chi connectivity index (χ4n) is 0.603. The topological polar surface area (TPSA) is 23.8 Å². The lowest BCUT2D eigenvalue weighted by Gasteiger charge is -2.11. The SMILES string of the molecule is C=C/C(C#N)=C/C(C)(C)C. The fourth-order valence-corrected chi connectivity index (χ4v) is 0.603. The zero-order valence-corrected chi connectivity index (χ0v) is 6.81. The highest BCUT2D eigenvalue weighted by atomic mass is 14.2. The third-order valence-electron chi connectivity index (χ3n) is 0.938. The van der Waals surface area contributed by atoms with Crippen LogP contribution in [0.15, 0.2) is 24.3 Å². The minimum Gasteiger partial charge on any atom is -0.192 e. The molecule has 0 amide bonds. The van der Waals surface area contributed by atoms with Gasteiger partial charge in [-0.25, -0.2) is 0 Å². The molecule has 0 fully saturated rings. The predicted molar refractivity (Wildman–Crippen MR) is 43.3 cm³/mol. The minimum absolute atomic E-state index is 0.0687. The van der Waals surface area contributed by atoms with Gasteiger partial charge in [-0.2, -0.15) is 5.26 Å². The highest BCUT2D eigenvalue weighted by Gasteiger charge is 2.05. The molecule has 0 aliphatic carbocycles. The Hall–Kier alpha value is -1.03. The molecule has 0 heterocycles. The Kier molecular flexibility index (Phi) is 2.89. The normalized spacial score (nSPS) is 12.4. The van der Waals surface area contributed by atoms with E-state index >= 15 is 0 Å². The van der Waals surface area contributed by atoms with E-state index in [1.54, 1.807) is 6.08 Å². The van der Waals surface area contributed by atoms with Crippen LogP contribution < -0.4 is 0 Å². The van der Waals surface area contributed by atoms with Crippen LogP contribution in [0.1, 0.15) is 20.8 Å². The lowest BCUT2D eigenvalue weighted by atomic mass is 9.94. The molecule has 54 valence electrons. The summed E-state index contributed by atoms with van der Waals surface area (Å²) in [4.78, 5) is 0. The minimum atomic E-state index is 0.0687. The van der Waals surface area contributed by atoms with E-state index < -0.39 is 0 Å². The Morgan fingerprint density at radius 1 is 1.50 bits per heavy atom. The molecule has 0 aromatic rings. The van der Waals surface area contributed by atoms with Crippen LogP contribution in [0.25, 0.3) is 0 Å². The standard InChI is InChI=1S/C9H13N/c1-5-8(7-10)6-9(2,3)4/h5-6H,1H2,2-4H3/b8-6-. The summed E-state index contributed by atoms with van der Waals surface area (Å²) in [7, 11) is 0. The van der Waals surface area contributed by atoms with Crippen LogP contribution in [0.3, 0.4) is 0 Å². The second kappa shape index (κ2) is 3.22. The number of nitrogens with zero attached hydrogens (tertiary/aromatic N) is 1. The van der Waals surface area contributed by atoms with E-state index in [4.69, 9.17) is 5.26 Å². The first-order valence-electron chi connectivity index (χ1n) is 3.25. The van der Waals surface area contributed by atoms with Gasteiger partial charge >= 0.3 is 0 Å². The Morgan fingerprint density at radius 3 is 2.10 bits per heavy atom. The maximum Gasteiger partial charge on any atom is 0.0988 e. The molecule has 1 heteroatoms. The van der Waals surface area contributed by atoms with Crippen molar-refractivity contribution < 1.29 is 0 Å². The van der Waals surface area contributed by atoms with Crippen molar-refractivity contribution in [2.24, 2.45) is 5.41 Å². The highest BCUT2D eigenvalue weighted by molar-refractivity contribution is 5.32. The van der Waals surface area contributed by atoms with Gasteiger partial charge in [0.15, 0.2) is 0 Å². The molecule has 0 N–H and O–H groups in total. The molecule has 0 aliphatic rings. The predicted octanol–water partition coefficient (Wildman–Crippen LogP) is 2.67. The monoisotopic (exact) mass is 135 g/mol. The summed E-state index contributed by atoms with van der Waals surface area (Å²) >= 11 is 0. The quantitative estimate of drug-likeness (QED) is 0.400. The number of hydrogen-bond acceptors (Lipinski definition) is 1. The molecule has 0 bridgehead atoms. The zero-order chi connectivity index (χ0) is 8.20. The molecule has 0 aliphatic heterocycles. The number of rotatable bonds is 1. The summed E-state index contributed by atoms with van der Waals surface area (Å²) in [6.45, 7) is 9.67. The van der Waals surface area contributed by atoms with Crippen LogP contribution in [-0.4, -0.2) is 0 Å². The van der Waals surface area contributed by atoms with E-state index in [0.717, 1.165) is 0 Å². The van der Waals surface area contributed by atoms with Gasteiger partial charge in [-0.3, -0.25) is 0 Å². The van der Waals surface area contributed by atoms with Gasteiger partial charge < -0.3 is 0 Å². The Bertz CT molecular complexity index is 186. The molecule has 0 aromatic heterocycles. The van der Waals surface area contributed by atoms with Crippen molar-refractivity contribution in [3.05, 3.63) is 24.3 Å². The van der Waals surface area contributed by atoms with Crippen molar-refractivity contribution in [3.63, 3.8) is 0 Å². The maximum atomic E-state index is 8.50. The van der Waals surface area contributed by atoms with Gasteiger partial charge in [0, 0.05) is 5.57 Å². The third kappa shape index (κ3) is 3.91. The molecule has 0 radical (unpaired) electrons. The first kappa shape index (κ1) is 8.97. The summed E-state index contributed by atoms with van der Waals surface area (Å²) in [6, 6.07) is 2.05. The van der Waals surface area contributed by atoms with Crippen LogP contribution >= 0.6 is 0 Å². The molecular formula is C9H13N. The highest BCUT2D eigenvalue weighted by Crippen LogP contribution is 2.17. The van der Waals surface area contributed by atoms with E-state index in [0.29, 0.717) is 5.57 Å². The summed E-state index contributed by atoms with van der Waals surface area (Å²) in [5, 5.41) is 8.50. The van der Waals surface area contributed by atoms with E-state index in [1.165, 1.54) is 0 Å². The molecule has 0 atom stereocenters. The molecule has 0 rings (SSSR count). The fraction of sp³-hybridized carbons (Fsp3) is 0.444. The lowest BCUT2D eigenvalue weighted by molar-refractivity contribution is 0.542. The largest absolute Gasteiger partial charge is 0.192 e. The van der Waals surface area contributed by atoms with Crippen molar-refractivity contribution in [1.82, 2.24) is 0 Å². The van der Waals surface area contributed by atoms with Crippen LogP contribution in [0, 0.1) is 16.7 Å². The van der Waals surface area contributed by atoms with Crippen LogP contribution in [0.4, 0.5) is 0 Å². The molecular weight excluding hydrogens is 122 g/mol. The first-order chi connectivity index (χ1) is 4.49. The average Bonchev–Trinajstić information content (AvgIpc) is 1.81. The smallest absolute Gasteiger partial charge is 0.0988 e. The summed E-state index contributed by atoms with van der Waals surface area (Å²) < 4.78 is 0. The molecule has 1 nitrogen and oxygen atoms in total. The molecule has 0 spiro atoms. The Balaban J connectivity index is 4.45. The Morgan fingerprint density at radius 2 is 2.00 bits per heavy atom. The number of allylic oxidation sites excluding steroid dienone is 3. The molecule has 0 saturated carbocycles. The van der Waals surface area contributed by atoms with Crippen molar-refractivity contribution in [2.45, 2.75) is 20.8 Å². The molecule has 0 aromatic carbocycles. The lowest BCUT2D eigenvalue weighted by Crippen LogP contribution is -1.99. The van der Waals surface area contributed by atoms with Crippen molar-refractivity contribution in [3.8, 4) is 6.07 Å². The van der Waals surface area contributed by atoms with Gasteiger partial charge in [-0.05, 0) is 5.41 Å². The second-order valence-corrected chi connectivity index (χ2v) is 3.28. The van der Waals surface area contributed by atoms with Crippen LogP contribution in [-0.2, 0) is 0 Å². The van der Waals surface area contributed by atoms with Crippen molar-refractivity contribution in [1.29, 1.82) is 5.26 Å². The Labute approximate surface area is 62.7 Å². The number of nitriles is 1. The zero-order valence-electron chi connectivity index (χ0n) is 6.81. The van der Waals surface area contributed by atoms with Gasteiger partial charge in [0.1, 0.15) is 0 Å². The maximum absolute atomic E-state index is 8.50. The first-order valence-corrected chi connectivity index (χ1v) is 3.25. The van der Waals surface area contributed by atoms with Gasteiger partial charge in [-0.15, -0.1) is 0 Å². The summed E-state index contributed by atoms with van der Waals surface area (Å²) in [5.41, 5.74) is 0.715. The summed E-state index contributed by atoms with van der Waals surface area (Å²) in [6.07, 6.45) is 3.48. The van der Waals surface area contributed by atoms with E-state index in [-0.39, 0.29) is 5.41 Å². The van der Waals surface area contributed by atoms with Gasteiger partial charge in [-0.1, -0.05) is 39.5 Å². The van der Waals surface area contributed by atoms with E-state index in [9.17, 15) is 0 Å². The third-order valence-corrected chi connectivity index (χ3v) is 0.938. The van der Waals surface area contributed by atoms with Crippen LogP contribution in [0.2, 0.25) is 0 Å². The molecule has 10 heavy (non-hydrogen) atoms. The molecule has 0 saturated heterocycles. The second-order valence-electron chi connectivity index (χ2n) is 3.28. The van der Waals surface area contributed by atoms with Gasteiger partial charge in [0.05, 0.1) is 6.07 Å². The van der Waals surface area contributed by atoms with E-state index in [2.05, 4.69) is 12.6 Å². The van der Waals surface area contributed by atoms with E-state index in [1.807, 2.05) is 26.8 Å². The summed E-state index contributed by atoms with van der Waals surface area (Å²) in [5.74, 6) is 0. The molecule has 0 unspecified atom stereocenters. The average molecular weight is 135 g/mol. The number of hydrogen-bond donors (Lipinski definition) is 0. The van der Waals surface area contributed by atoms with Gasteiger partial charge in [0.2, 0.25) is 0 Å². The van der Waals surface area contributed by atoms with Crippen LogP contribution in [0.5, 0.6) is 0 Å². The van der Waals surface area contributed by atoms with Crippen molar-refractivity contribution >= 4 is 0 Å². The van der Waals surface area contributed by atoms with Crippen molar-refractivity contribution in [2.75, 3.05) is 0 Å². The van der Waals surface area contributed by atoms with Gasteiger partial charge in [0.25, 0.3) is 0 Å².